The molecule has 0 aliphatic carbocycles. The Kier molecular flexibility index (Phi) is 8.41. The summed E-state index contributed by atoms with van der Waals surface area (Å²) in [4.78, 5) is 13.6. The Bertz CT molecular complexity index is 1090. The Morgan fingerprint density at radius 3 is 2.19 bits per heavy atom. The number of thioether (sulfide) groups is 1. The van der Waals surface area contributed by atoms with Crippen LogP contribution >= 0.6 is 23.4 Å². The molecule has 1 N–H and O–H groups in total. The van der Waals surface area contributed by atoms with Gasteiger partial charge in [-0.3, -0.25) is 4.79 Å². The van der Waals surface area contributed by atoms with E-state index in [1.54, 1.807) is 57.4 Å². The minimum atomic E-state index is -0.308. The van der Waals surface area contributed by atoms with Gasteiger partial charge in [0.1, 0.15) is 5.75 Å². The van der Waals surface area contributed by atoms with Crippen molar-refractivity contribution in [2.24, 2.45) is 5.10 Å². The van der Waals surface area contributed by atoms with Crippen LogP contribution in [-0.2, 0) is 5.75 Å². The van der Waals surface area contributed by atoms with Crippen LogP contribution < -0.4 is 19.6 Å². The van der Waals surface area contributed by atoms with Crippen LogP contribution in [-0.4, -0.2) is 33.5 Å². The number of nitrogens with one attached hydrogen (secondary N) is 1. The predicted molar refractivity (Wildman–Crippen MR) is 129 cm³/mol. The van der Waals surface area contributed by atoms with E-state index in [0.29, 0.717) is 28.4 Å². The quantitative estimate of drug-likeness (QED) is 0.257. The first kappa shape index (κ1) is 23.5. The topological polar surface area (TPSA) is 69.2 Å². The Morgan fingerprint density at radius 2 is 1.56 bits per heavy atom. The van der Waals surface area contributed by atoms with E-state index in [0.717, 1.165) is 21.2 Å². The van der Waals surface area contributed by atoms with Gasteiger partial charge in [0.2, 0.25) is 0 Å². The summed E-state index contributed by atoms with van der Waals surface area (Å²) in [6.07, 6.45) is 1.50. The van der Waals surface area contributed by atoms with Crippen molar-refractivity contribution in [2.45, 2.75) is 10.6 Å². The molecular weight excluding hydrogens is 448 g/mol. The first-order valence-corrected chi connectivity index (χ1v) is 11.0. The molecule has 6 nitrogen and oxygen atoms in total. The summed E-state index contributed by atoms with van der Waals surface area (Å²) in [7, 11) is 4.64. The first-order chi connectivity index (χ1) is 15.5. The monoisotopic (exact) mass is 470 g/mol. The van der Waals surface area contributed by atoms with E-state index in [2.05, 4.69) is 10.5 Å². The molecule has 0 aliphatic rings. The lowest BCUT2D eigenvalue weighted by molar-refractivity contribution is 0.0955. The van der Waals surface area contributed by atoms with Crippen molar-refractivity contribution in [1.82, 2.24) is 5.43 Å². The number of nitrogens with zero attached hydrogens (tertiary/aromatic N) is 1. The van der Waals surface area contributed by atoms with E-state index in [9.17, 15) is 4.79 Å². The van der Waals surface area contributed by atoms with Gasteiger partial charge < -0.3 is 14.2 Å². The van der Waals surface area contributed by atoms with E-state index in [-0.39, 0.29) is 5.91 Å². The number of hydrogen-bond acceptors (Lipinski definition) is 6. The standard InChI is InChI=1S/C24H23ClN2O4S/c1-29-21-13-23(31-3)22(30-2)12-18(21)14-26-27-24(28)17-6-4-16(5-7-17)15-32-20-10-8-19(25)9-11-20/h4-14H,15H2,1-3H3,(H,27,28)/b26-14+. The third kappa shape index (κ3) is 6.18. The van der Waals surface area contributed by atoms with Crippen molar-refractivity contribution in [1.29, 1.82) is 0 Å². The van der Waals surface area contributed by atoms with Gasteiger partial charge in [0.15, 0.2) is 11.5 Å². The maximum absolute atomic E-state index is 12.4. The van der Waals surface area contributed by atoms with Crippen LogP contribution in [0.15, 0.2) is 70.7 Å². The molecule has 3 aromatic carbocycles. The van der Waals surface area contributed by atoms with Crippen LogP contribution in [0.3, 0.4) is 0 Å². The van der Waals surface area contributed by atoms with Crippen LogP contribution in [0.2, 0.25) is 5.02 Å². The van der Waals surface area contributed by atoms with Crippen molar-refractivity contribution in [3.8, 4) is 17.2 Å². The van der Waals surface area contributed by atoms with Gasteiger partial charge in [-0.15, -0.1) is 11.8 Å². The fourth-order valence-corrected chi connectivity index (χ4v) is 3.81. The van der Waals surface area contributed by atoms with Crippen LogP contribution in [0.5, 0.6) is 17.2 Å². The molecule has 0 aromatic heterocycles. The van der Waals surface area contributed by atoms with Gasteiger partial charge in [-0.05, 0) is 48.0 Å². The zero-order chi connectivity index (χ0) is 22.9. The maximum Gasteiger partial charge on any atom is 0.271 e. The van der Waals surface area contributed by atoms with Gasteiger partial charge in [-0.2, -0.15) is 5.10 Å². The number of hydrazone groups is 1. The van der Waals surface area contributed by atoms with Gasteiger partial charge >= 0.3 is 0 Å². The van der Waals surface area contributed by atoms with Crippen LogP contribution in [0.1, 0.15) is 21.5 Å². The summed E-state index contributed by atoms with van der Waals surface area (Å²) in [6, 6.07) is 18.5. The van der Waals surface area contributed by atoms with Crippen molar-refractivity contribution >= 4 is 35.5 Å². The van der Waals surface area contributed by atoms with E-state index in [4.69, 9.17) is 25.8 Å². The predicted octanol–water partition coefficient (Wildman–Crippen LogP) is 5.42. The smallest absolute Gasteiger partial charge is 0.271 e. The Morgan fingerprint density at radius 1 is 0.938 bits per heavy atom. The summed E-state index contributed by atoms with van der Waals surface area (Å²) in [5.41, 5.74) is 4.80. The Balaban J connectivity index is 1.60. The molecule has 0 aliphatic heterocycles. The molecule has 0 atom stereocenters. The number of carbonyl (C=O) groups excluding carboxylic acids is 1. The molecule has 8 heteroatoms. The SMILES string of the molecule is COc1cc(OC)c(OC)cc1/C=N/NC(=O)c1ccc(CSc2ccc(Cl)cc2)cc1. The summed E-state index contributed by atoms with van der Waals surface area (Å²) < 4.78 is 15.9. The largest absolute Gasteiger partial charge is 0.496 e. The Hall–Kier alpha value is -3.16. The normalized spacial score (nSPS) is 10.8. The van der Waals surface area contributed by atoms with Gasteiger partial charge in [0.25, 0.3) is 5.91 Å². The number of halogens is 1. The summed E-state index contributed by atoms with van der Waals surface area (Å²) in [5.74, 6) is 2.11. The van der Waals surface area contributed by atoms with Gasteiger partial charge in [-0.1, -0.05) is 23.7 Å². The summed E-state index contributed by atoms with van der Waals surface area (Å²) in [5, 5.41) is 4.77. The molecule has 0 saturated carbocycles. The number of carbonyl (C=O) groups is 1. The molecular formula is C24H23ClN2O4S. The van der Waals surface area contributed by atoms with E-state index < -0.39 is 0 Å². The number of hydrogen-bond donors (Lipinski definition) is 1. The number of benzene rings is 3. The Labute approximate surface area is 196 Å². The molecule has 166 valence electrons. The highest BCUT2D eigenvalue weighted by molar-refractivity contribution is 7.98. The van der Waals surface area contributed by atoms with E-state index >= 15 is 0 Å². The second-order valence-corrected chi connectivity index (χ2v) is 8.07. The first-order valence-electron chi connectivity index (χ1n) is 9.64. The second kappa shape index (κ2) is 11.5. The zero-order valence-corrected chi connectivity index (χ0v) is 19.5. The van der Waals surface area contributed by atoms with Crippen molar-refractivity contribution in [2.75, 3.05) is 21.3 Å². The third-order valence-corrected chi connectivity index (χ3v) is 5.88. The minimum Gasteiger partial charge on any atom is -0.496 e. The minimum absolute atomic E-state index is 0.308. The van der Waals surface area contributed by atoms with Crippen LogP contribution in [0, 0.1) is 0 Å². The van der Waals surface area contributed by atoms with Crippen molar-refractivity contribution < 1.29 is 19.0 Å². The highest BCUT2D eigenvalue weighted by atomic mass is 35.5. The molecule has 1 amide bonds. The summed E-state index contributed by atoms with van der Waals surface area (Å²) >= 11 is 7.62. The highest BCUT2D eigenvalue weighted by Gasteiger charge is 2.11. The van der Waals surface area contributed by atoms with E-state index in [1.807, 2.05) is 36.4 Å². The van der Waals surface area contributed by atoms with Crippen LogP contribution in [0.25, 0.3) is 0 Å². The van der Waals surface area contributed by atoms with Crippen molar-refractivity contribution in [3.63, 3.8) is 0 Å². The molecule has 0 fully saturated rings. The second-order valence-electron chi connectivity index (χ2n) is 6.59. The fourth-order valence-electron chi connectivity index (χ4n) is 2.83. The molecule has 0 bridgehead atoms. The lowest BCUT2D eigenvalue weighted by atomic mass is 10.1. The lowest BCUT2D eigenvalue weighted by Crippen LogP contribution is -2.17. The zero-order valence-electron chi connectivity index (χ0n) is 17.9. The number of rotatable bonds is 9. The molecule has 32 heavy (non-hydrogen) atoms. The maximum atomic E-state index is 12.4. The number of methoxy groups -OCH3 is 3. The average molecular weight is 471 g/mol. The van der Waals surface area contributed by atoms with Gasteiger partial charge in [0, 0.05) is 32.9 Å². The van der Waals surface area contributed by atoms with E-state index in [1.165, 1.54) is 6.21 Å². The van der Waals surface area contributed by atoms with Crippen LogP contribution in [0.4, 0.5) is 0 Å². The van der Waals surface area contributed by atoms with Crippen molar-refractivity contribution in [3.05, 3.63) is 82.4 Å². The lowest BCUT2D eigenvalue weighted by Gasteiger charge is -2.11. The van der Waals surface area contributed by atoms with Gasteiger partial charge in [0.05, 0.1) is 27.5 Å². The summed E-state index contributed by atoms with van der Waals surface area (Å²) in [6.45, 7) is 0. The molecule has 0 radical (unpaired) electrons. The molecule has 3 rings (SSSR count). The highest BCUT2D eigenvalue weighted by Crippen LogP contribution is 2.33. The molecule has 0 spiro atoms. The number of ether oxygens (including phenoxy) is 3. The molecule has 0 saturated heterocycles. The molecule has 3 aromatic rings. The number of amides is 1. The molecule has 0 unspecified atom stereocenters. The van der Waals surface area contributed by atoms with Gasteiger partial charge in [-0.25, -0.2) is 5.43 Å². The average Bonchev–Trinajstić information content (AvgIpc) is 2.83. The molecule has 0 heterocycles. The fraction of sp³-hybridized carbons (Fsp3) is 0.167. The third-order valence-electron chi connectivity index (χ3n) is 4.54.